The van der Waals surface area contributed by atoms with Gasteiger partial charge in [0.2, 0.25) is 0 Å². The molecule has 0 atom stereocenters. The Balaban J connectivity index is 2.04. The predicted octanol–water partition coefficient (Wildman–Crippen LogP) is 7.10. The quantitative estimate of drug-likeness (QED) is 0.343. The maximum atomic E-state index is 13.9. The van der Waals surface area contributed by atoms with Crippen molar-refractivity contribution in [2.75, 3.05) is 0 Å². The lowest BCUT2D eigenvalue weighted by molar-refractivity contribution is -0.140. The molecule has 124 valence electrons. The van der Waals surface area contributed by atoms with E-state index in [0.717, 1.165) is 10.8 Å². The van der Waals surface area contributed by atoms with E-state index in [1.807, 2.05) is 24.3 Å². The fraction of sp³-hybridized carbons (Fsp3) is 0.0588. The molecule has 3 aromatic rings. The molecule has 0 fully saturated rings. The molecular weight excluding hydrogens is 367 g/mol. The summed E-state index contributed by atoms with van der Waals surface area (Å²) in [5.74, 6) is -1.71. The van der Waals surface area contributed by atoms with Gasteiger partial charge >= 0.3 is 6.18 Å². The van der Waals surface area contributed by atoms with Crippen LogP contribution in [0.1, 0.15) is 5.56 Å². The molecule has 3 aromatic carbocycles. The van der Waals surface area contributed by atoms with Crippen LogP contribution in [0.2, 0.25) is 10.0 Å². The zero-order valence-electron chi connectivity index (χ0n) is 11.8. The maximum Gasteiger partial charge on any atom is 0.419 e. The van der Waals surface area contributed by atoms with Gasteiger partial charge < -0.3 is 4.74 Å². The third-order valence-corrected chi connectivity index (χ3v) is 3.98. The Morgan fingerprint density at radius 1 is 0.875 bits per heavy atom. The van der Waals surface area contributed by atoms with E-state index in [1.165, 1.54) is 0 Å². The van der Waals surface area contributed by atoms with Crippen molar-refractivity contribution in [3.05, 3.63) is 70.0 Å². The minimum absolute atomic E-state index is 0.275. The van der Waals surface area contributed by atoms with Gasteiger partial charge in [-0.25, -0.2) is 4.39 Å². The second-order valence-corrected chi connectivity index (χ2v) is 5.76. The van der Waals surface area contributed by atoms with Crippen LogP contribution < -0.4 is 4.74 Å². The van der Waals surface area contributed by atoms with E-state index in [1.54, 1.807) is 18.2 Å². The summed E-state index contributed by atoms with van der Waals surface area (Å²) >= 11 is 11.5. The average molecular weight is 375 g/mol. The van der Waals surface area contributed by atoms with Crippen LogP contribution in [-0.4, -0.2) is 0 Å². The van der Waals surface area contributed by atoms with E-state index in [0.29, 0.717) is 6.07 Å². The Labute approximate surface area is 144 Å². The molecule has 0 radical (unpaired) electrons. The van der Waals surface area contributed by atoms with E-state index < -0.39 is 27.6 Å². The first-order chi connectivity index (χ1) is 11.3. The minimum Gasteiger partial charge on any atom is -0.454 e. The Kier molecular flexibility index (Phi) is 4.32. The lowest BCUT2D eigenvalue weighted by atomic mass is 10.1. The lowest BCUT2D eigenvalue weighted by Gasteiger charge is -2.15. The highest BCUT2D eigenvalue weighted by molar-refractivity contribution is 6.37. The van der Waals surface area contributed by atoms with Crippen LogP contribution in [0.3, 0.4) is 0 Å². The van der Waals surface area contributed by atoms with Gasteiger partial charge in [0, 0.05) is 0 Å². The van der Waals surface area contributed by atoms with E-state index in [4.69, 9.17) is 27.9 Å². The smallest absolute Gasteiger partial charge is 0.419 e. The van der Waals surface area contributed by atoms with Gasteiger partial charge in [0.15, 0.2) is 11.6 Å². The summed E-state index contributed by atoms with van der Waals surface area (Å²) in [6.07, 6.45) is -4.90. The van der Waals surface area contributed by atoms with Crippen LogP contribution in [0.15, 0.2) is 48.5 Å². The van der Waals surface area contributed by atoms with Gasteiger partial charge in [0.25, 0.3) is 0 Å². The molecule has 0 heterocycles. The zero-order valence-corrected chi connectivity index (χ0v) is 13.3. The first kappa shape index (κ1) is 16.9. The molecule has 3 rings (SSSR count). The van der Waals surface area contributed by atoms with Crippen molar-refractivity contribution in [1.29, 1.82) is 0 Å². The van der Waals surface area contributed by atoms with E-state index >= 15 is 0 Å². The summed E-state index contributed by atoms with van der Waals surface area (Å²) in [6.45, 7) is 0. The number of alkyl halides is 3. The van der Waals surface area contributed by atoms with Crippen molar-refractivity contribution in [3.8, 4) is 11.5 Å². The van der Waals surface area contributed by atoms with E-state index in [9.17, 15) is 17.6 Å². The summed E-state index contributed by atoms with van der Waals surface area (Å²) in [6, 6.07) is 12.9. The summed E-state index contributed by atoms with van der Waals surface area (Å²) in [4.78, 5) is 0. The predicted molar refractivity (Wildman–Crippen MR) is 85.4 cm³/mol. The minimum atomic E-state index is -4.90. The maximum absolute atomic E-state index is 13.9. The molecule has 1 nitrogen and oxygen atoms in total. The number of hydrogen-bond acceptors (Lipinski definition) is 1. The Morgan fingerprint density at radius 3 is 2.21 bits per heavy atom. The number of rotatable bonds is 2. The van der Waals surface area contributed by atoms with Gasteiger partial charge in [-0.3, -0.25) is 0 Å². The normalized spacial score (nSPS) is 11.8. The van der Waals surface area contributed by atoms with E-state index in [-0.39, 0.29) is 11.5 Å². The molecule has 24 heavy (non-hydrogen) atoms. The Hall–Kier alpha value is -1.98. The Bertz CT molecular complexity index is 922. The monoisotopic (exact) mass is 374 g/mol. The van der Waals surface area contributed by atoms with Crippen LogP contribution in [0.25, 0.3) is 10.8 Å². The number of hydrogen-bond donors (Lipinski definition) is 0. The van der Waals surface area contributed by atoms with Crippen LogP contribution in [0.5, 0.6) is 11.5 Å². The largest absolute Gasteiger partial charge is 0.454 e. The summed E-state index contributed by atoms with van der Waals surface area (Å²) < 4.78 is 57.6. The molecule has 0 amide bonds. The highest BCUT2D eigenvalue weighted by atomic mass is 35.5. The second kappa shape index (κ2) is 6.15. The second-order valence-electron chi connectivity index (χ2n) is 4.97. The number of halogens is 6. The number of benzene rings is 3. The summed E-state index contributed by atoms with van der Waals surface area (Å²) in [7, 11) is 0. The van der Waals surface area contributed by atoms with Gasteiger partial charge in [-0.2, -0.15) is 13.2 Å². The molecule has 0 spiro atoms. The molecule has 0 saturated heterocycles. The highest BCUT2D eigenvalue weighted by Gasteiger charge is 2.37. The molecule has 0 aliphatic heterocycles. The van der Waals surface area contributed by atoms with Crippen molar-refractivity contribution in [3.63, 3.8) is 0 Å². The molecule has 0 aliphatic rings. The SMILES string of the molecule is Fc1c(C(F)(F)F)cc(Cl)c(Oc2ccc3ccccc3c2)c1Cl. The molecular formula is C17H8Cl2F4O. The van der Waals surface area contributed by atoms with Crippen molar-refractivity contribution < 1.29 is 22.3 Å². The van der Waals surface area contributed by atoms with Gasteiger partial charge in [-0.15, -0.1) is 0 Å². The van der Waals surface area contributed by atoms with Gasteiger partial charge in [-0.1, -0.05) is 53.5 Å². The fourth-order valence-corrected chi connectivity index (χ4v) is 2.76. The zero-order chi connectivity index (χ0) is 17.5. The first-order valence-electron chi connectivity index (χ1n) is 6.68. The van der Waals surface area contributed by atoms with Crippen LogP contribution in [0.4, 0.5) is 17.6 Å². The number of fused-ring (bicyclic) bond motifs is 1. The molecule has 0 unspecified atom stereocenters. The van der Waals surface area contributed by atoms with Crippen molar-refractivity contribution >= 4 is 34.0 Å². The fourth-order valence-electron chi connectivity index (χ4n) is 2.23. The van der Waals surface area contributed by atoms with Crippen LogP contribution in [0, 0.1) is 5.82 Å². The molecule has 0 bridgehead atoms. The summed E-state index contributed by atoms with van der Waals surface area (Å²) in [5, 5.41) is 0.542. The molecule has 0 N–H and O–H groups in total. The van der Waals surface area contributed by atoms with Crippen LogP contribution in [-0.2, 0) is 6.18 Å². The van der Waals surface area contributed by atoms with Gasteiger partial charge in [-0.05, 0) is 29.0 Å². The number of ether oxygens (including phenoxy) is 1. The van der Waals surface area contributed by atoms with Gasteiger partial charge in [0.05, 0.1) is 10.6 Å². The molecule has 0 saturated carbocycles. The Morgan fingerprint density at radius 2 is 1.54 bits per heavy atom. The van der Waals surface area contributed by atoms with Crippen molar-refractivity contribution in [2.24, 2.45) is 0 Å². The molecule has 7 heteroatoms. The standard InChI is InChI=1S/C17H8Cl2F4O/c18-13-8-12(17(21,22)23)15(20)14(19)16(13)24-11-6-5-9-3-1-2-4-10(9)7-11/h1-8H. The lowest BCUT2D eigenvalue weighted by Crippen LogP contribution is -2.09. The average Bonchev–Trinajstić information content (AvgIpc) is 2.53. The van der Waals surface area contributed by atoms with Crippen LogP contribution >= 0.6 is 23.2 Å². The topological polar surface area (TPSA) is 9.23 Å². The summed E-state index contributed by atoms with van der Waals surface area (Å²) in [5.41, 5.74) is -1.54. The van der Waals surface area contributed by atoms with Gasteiger partial charge in [0.1, 0.15) is 10.8 Å². The van der Waals surface area contributed by atoms with Crippen molar-refractivity contribution in [1.82, 2.24) is 0 Å². The first-order valence-corrected chi connectivity index (χ1v) is 7.44. The third kappa shape index (κ3) is 3.14. The van der Waals surface area contributed by atoms with Crippen molar-refractivity contribution in [2.45, 2.75) is 6.18 Å². The third-order valence-electron chi connectivity index (χ3n) is 3.36. The molecule has 0 aromatic heterocycles. The molecule has 0 aliphatic carbocycles. The highest BCUT2D eigenvalue weighted by Crippen LogP contribution is 2.44. The van der Waals surface area contributed by atoms with E-state index in [2.05, 4.69) is 0 Å².